The van der Waals surface area contributed by atoms with Crippen LogP contribution in [-0.4, -0.2) is 49.0 Å². The summed E-state index contributed by atoms with van der Waals surface area (Å²) in [7, 11) is 0. The Balaban J connectivity index is 1.32. The fraction of sp³-hybridized carbons (Fsp3) is 0.318. The second-order valence-electron chi connectivity index (χ2n) is 7.65. The lowest BCUT2D eigenvalue weighted by Gasteiger charge is -2.30. The van der Waals surface area contributed by atoms with Gasteiger partial charge in [-0.25, -0.2) is 0 Å². The zero-order valence-corrected chi connectivity index (χ0v) is 17.4. The van der Waals surface area contributed by atoms with Gasteiger partial charge in [0.15, 0.2) is 11.5 Å². The smallest absolute Gasteiger partial charge is 0.186 e. The summed E-state index contributed by atoms with van der Waals surface area (Å²) < 4.78 is 1.79. The zero-order chi connectivity index (χ0) is 20.3. The van der Waals surface area contributed by atoms with Crippen molar-refractivity contribution in [3.05, 3.63) is 64.4 Å². The minimum atomic E-state index is -0.143. The monoisotopic (exact) mass is 420 g/mol. The first-order valence-electron chi connectivity index (χ1n) is 10.2. The quantitative estimate of drug-likeness (QED) is 0.498. The zero-order valence-electron chi connectivity index (χ0n) is 16.6. The molecule has 0 bridgehead atoms. The fourth-order valence-corrected chi connectivity index (χ4v) is 4.48. The third kappa shape index (κ3) is 4.07. The number of aliphatic hydroxyl groups is 1. The first-order chi connectivity index (χ1) is 14.8. The fourth-order valence-electron chi connectivity index (χ4n) is 3.84. The summed E-state index contributed by atoms with van der Waals surface area (Å²) in [6.45, 7) is 3.49. The van der Waals surface area contributed by atoms with E-state index in [1.807, 2.05) is 29.0 Å². The normalized spacial score (nSPS) is 15.6. The first-order valence-corrected chi connectivity index (χ1v) is 11.2. The molecule has 30 heavy (non-hydrogen) atoms. The maximum Gasteiger partial charge on any atom is 0.186 e. The van der Waals surface area contributed by atoms with Crippen molar-refractivity contribution in [1.29, 1.82) is 0 Å². The summed E-state index contributed by atoms with van der Waals surface area (Å²) >= 11 is 1.63. The van der Waals surface area contributed by atoms with E-state index in [-0.39, 0.29) is 6.10 Å². The van der Waals surface area contributed by atoms with Crippen LogP contribution in [0.2, 0.25) is 0 Å². The number of thiophene rings is 1. The van der Waals surface area contributed by atoms with E-state index in [4.69, 9.17) is 5.10 Å². The van der Waals surface area contributed by atoms with E-state index in [0.29, 0.717) is 6.54 Å². The summed E-state index contributed by atoms with van der Waals surface area (Å²) in [6, 6.07) is 14.4. The molecule has 2 N–H and O–H groups in total. The van der Waals surface area contributed by atoms with Gasteiger partial charge >= 0.3 is 0 Å². The van der Waals surface area contributed by atoms with Gasteiger partial charge in [-0.15, -0.1) is 15.3 Å². The number of fused-ring (bicyclic) bond motifs is 1. The number of benzene rings is 1. The largest absolute Gasteiger partial charge is 0.393 e. The minimum Gasteiger partial charge on any atom is -0.393 e. The third-order valence-electron chi connectivity index (χ3n) is 5.57. The molecule has 0 amide bonds. The van der Waals surface area contributed by atoms with Crippen LogP contribution in [0.15, 0.2) is 53.2 Å². The molecule has 0 atom stereocenters. The average molecular weight is 421 g/mol. The van der Waals surface area contributed by atoms with Crippen molar-refractivity contribution < 1.29 is 5.11 Å². The number of nitrogens with one attached hydrogen (secondary N) is 1. The van der Waals surface area contributed by atoms with Crippen LogP contribution < -0.4 is 5.32 Å². The van der Waals surface area contributed by atoms with Gasteiger partial charge in [-0.1, -0.05) is 24.3 Å². The van der Waals surface area contributed by atoms with Gasteiger partial charge in [-0.2, -0.15) is 15.9 Å². The number of likely N-dealkylation sites (tertiary alicyclic amines) is 1. The van der Waals surface area contributed by atoms with Crippen LogP contribution in [0.1, 0.15) is 24.0 Å². The van der Waals surface area contributed by atoms with Gasteiger partial charge in [-0.05, 0) is 47.5 Å². The summed E-state index contributed by atoms with van der Waals surface area (Å²) in [5, 5.41) is 30.5. The van der Waals surface area contributed by atoms with Crippen LogP contribution in [0.3, 0.4) is 0 Å². The molecule has 1 aromatic carbocycles. The van der Waals surface area contributed by atoms with E-state index in [9.17, 15) is 5.11 Å². The van der Waals surface area contributed by atoms with E-state index in [2.05, 4.69) is 44.7 Å². The van der Waals surface area contributed by atoms with Crippen LogP contribution in [0.25, 0.3) is 17.0 Å². The van der Waals surface area contributed by atoms with Crippen molar-refractivity contribution in [2.24, 2.45) is 0 Å². The second-order valence-corrected chi connectivity index (χ2v) is 8.43. The third-order valence-corrected chi connectivity index (χ3v) is 6.25. The van der Waals surface area contributed by atoms with Crippen LogP contribution in [0.5, 0.6) is 0 Å². The lowest BCUT2D eigenvalue weighted by Crippen LogP contribution is -2.35. The van der Waals surface area contributed by atoms with Gasteiger partial charge in [0.25, 0.3) is 0 Å². The van der Waals surface area contributed by atoms with Gasteiger partial charge in [0.05, 0.1) is 6.10 Å². The standard InChI is InChI=1S/C22H24N6OS/c29-19-7-10-27(11-8-19)14-17-4-2-1-3-16(17)13-23-20-5-6-21-24-25-22(28(21)26-20)18-9-12-30-15-18/h1-6,9,12,15,19,29H,7-8,10-11,13-14H2,(H,23,26). The van der Waals surface area contributed by atoms with Crippen LogP contribution >= 0.6 is 11.3 Å². The van der Waals surface area contributed by atoms with Gasteiger partial charge in [0, 0.05) is 37.1 Å². The number of aliphatic hydroxyl groups excluding tert-OH is 1. The van der Waals surface area contributed by atoms with Crippen molar-refractivity contribution in [1.82, 2.24) is 24.7 Å². The maximum absolute atomic E-state index is 9.74. The van der Waals surface area contributed by atoms with Crippen LogP contribution in [-0.2, 0) is 13.1 Å². The Morgan fingerprint density at radius 3 is 2.67 bits per heavy atom. The second kappa shape index (κ2) is 8.51. The van der Waals surface area contributed by atoms with Crippen molar-refractivity contribution in [3.8, 4) is 11.4 Å². The van der Waals surface area contributed by atoms with Crippen LogP contribution in [0.4, 0.5) is 5.82 Å². The molecule has 0 unspecified atom stereocenters. The highest BCUT2D eigenvalue weighted by atomic mass is 32.1. The highest BCUT2D eigenvalue weighted by Crippen LogP contribution is 2.21. The van der Waals surface area contributed by atoms with Crippen molar-refractivity contribution in [2.75, 3.05) is 18.4 Å². The molecule has 4 aromatic rings. The molecule has 4 heterocycles. The summed E-state index contributed by atoms with van der Waals surface area (Å²) in [6.07, 6.45) is 1.57. The summed E-state index contributed by atoms with van der Waals surface area (Å²) in [5.74, 6) is 1.54. The molecule has 1 aliphatic heterocycles. The van der Waals surface area contributed by atoms with Gasteiger partial charge < -0.3 is 10.4 Å². The molecule has 1 aliphatic rings. The number of aromatic nitrogens is 4. The number of hydrogen-bond acceptors (Lipinski definition) is 7. The predicted octanol–water partition coefficient (Wildman–Crippen LogP) is 3.42. The van der Waals surface area contributed by atoms with E-state index in [1.165, 1.54) is 11.1 Å². The number of hydrogen-bond donors (Lipinski definition) is 2. The molecule has 7 nitrogen and oxygen atoms in total. The SMILES string of the molecule is OC1CCN(Cc2ccccc2CNc2ccc3nnc(-c4ccsc4)n3n2)CC1. The molecule has 5 rings (SSSR count). The molecule has 0 spiro atoms. The Hall–Kier alpha value is -2.81. The molecule has 1 fully saturated rings. The Bertz CT molecular complexity index is 1120. The highest BCUT2D eigenvalue weighted by Gasteiger charge is 2.18. The summed E-state index contributed by atoms with van der Waals surface area (Å²) in [4.78, 5) is 2.42. The molecule has 0 saturated carbocycles. The lowest BCUT2D eigenvalue weighted by molar-refractivity contribution is 0.0791. The van der Waals surface area contributed by atoms with Crippen LogP contribution in [0, 0.1) is 0 Å². The van der Waals surface area contributed by atoms with E-state index in [1.54, 1.807) is 15.9 Å². The topological polar surface area (TPSA) is 78.6 Å². The Kier molecular flexibility index (Phi) is 5.44. The van der Waals surface area contributed by atoms with Crippen molar-refractivity contribution in [2.45, 2.75) is 32.0 Å². The maximum atomic E-state index is 9.74. The number of piperidine rings is 1. The Morgan fingerprint density at radius 1 is 1.03 bits per heavy atom. The summed E-state index contributed by atoms with van der Waals surface area (Å²) in [5.41, 5.74) is 4.32. The molecule has 0 aliphatic carbocycles. The van der Waals surface area contributed by atoms with E-state index >= 15 is 0 Å². The molecular formula is C22H24N6OS. The van der Waals surface area contributed by atoms with Gasteiger partial charge in [0.1, 0.15) is 5.82 Å². The highest BCUT2D eigenvalue weighted by molar-refractivity contribution is 7.08. The molecule has 0 radical (unpaired) electrons. The van der Waals surface area contributed by atoms with E-state index in [0.717, 1.165) is 55.3 Å². The number of anilines is 1. The average Bonchev–Trinajstić information content (AvgIpc) is 3.44. The van der Waals surface area contributed by atoms with Crippen molar-refractivity contribution >= 4 is 22.8 Å². The Morgan fingerprint density at radius 2 is 1.87 bits per heavy atom. The minimum absolute atomic E-state index is 0.143. The van der Waals surface area contributed by atoms with Gasteiger partial charge in [0.2, 0.25) is 0 Å². The Labute approximate surface area is 179 Å². The van der Waals surface area contributed by atoms with E-state index < -0.39 is 0 Å². The number of nitrogens with zero attached hydrogens (tertiary/aromatic N) is 5. The van der Waals surface area contributed by atoms with Crippen molar-refractivity contribution in [3.63, 3.8) is 0 Å². The molecule has 8 heteroatoms. The lowest BCUT2D eigenvalue weighted by atomic mass is 10.0. The molecule has 3 aromatic heterocycles. The molecular weight excluding hydrogens is 396 g/mol. The van der Waals surface area contributed by atoms with Gasteiger partial charge in [-0.3, -0.25) is 4.90 Å². The molecule has 154 valence electrons. The predicted molar refractivity (Wildman–Crippen MR) is 118 cm³/mol. The first kappa shape index (κ1) is 19.2. The number of rotatable bonds is 6. The molecule has 1 saturated heterocycles.